The number of carboxylic acid groups (broad SMARTS) is 1. The lowest BCUT2D eigenvalue weighted by atomic mass is 10.0. The molecular formula is C33H67N17O7. The van der Waals surface area contributed by atoms with Gasteiger partial charge in [0.2, 0.25) is 29.5 Å². The second-order valence-electron chi connectivity index (χ2n) is 13.3. The van der Waals surface area contributed by atoms with E-state index in [1.165, 1.54) is 6.92 Å². The van der Waals surface area contributed by atoms with Crippen molar-refractivity contribution in [3.8, 4) is 0 Å². The molecule has 0 radical (unpaired) electrons. The molecule has 0 bridgehead atoms. The van der Waals surface area contributed by atoms with Crippen molar-refractivity contribution in [2.24, 2.45) is 66.6 Å². The first-order chi connectivity index (χ1) is 26.9. The van der Waals surface area contributed by atoms with E-state index in [1.54, 1.807) is 0 Å². The van der Waals surface area contributed by atoms with Crippen LogP contribution in [0.2, 0.25) is 0 Å². The zero-order chi connectivity index (χ0) is 43.3. The van der Waals surface area contributed by atoms with Crippen LogP contribution in [0.3, 0.4) is 0 Å². The predicted molar refractivity (Wildman–Crippen MR) is 216 cm³/mol. The van der Waals surface area contributed by atoms with Gasteiger partial charge in [-0.3, -0.25) is 43.7 Å². The van der Waals surface area contributed by atoms with Gasteiger partial charge >= 0.3 is 5.97 Å². The topological polar surface area (TPSA) is 454 Å². The molecule has 0 spiro atoms. The van der Waals surface area contributed by atoms with Crippen LogP contribution in [-0.2, 0) is 28.8 Å². The summed E-state index contributed by atoms with van der Waals surface area (Å²) >= 11 is 0. The Balaban J connectivity index is 6.45. The second-order valence-corrected chi connectivity index (χ2v) is 13.3. The molecule has 0 aromatic rings. The van der Waals surface area contributed by atoms with Crippen molar-refractivity contribution >= 4 is 53.4 Å². The van der Waals surface area contributed by atoms with Gasteiger partial charge in [-0.1, -0.05) is 6.42 Å². The molecule has 0 saturated heterocycles. The van der Waals surface area contributed by atoms with Crippen molar-refractivity contribution in [1.29, 1.82) is 0 Å². The minimum atomic E-state index is -1.30. The molecule has 0 unspecified atom stereocenters. The Bertz CT molecular complexity index is 1350. The molecule has 0 aromatic carbocycles. The zero-order valence-electron chi connectivity index (χ0n) is 32.9. The molecule has 0 aliphatic heterocycles. The highest BCUT2D eigenvalue weighted by Gasteiger charge is 2.32. The van der Waals surface area contributed by atoms with E-state index >= 15 is 0 Å². The number of nitrogens with zero attached hydrogens (tertiary/aromatic N) is 3. The zero-order valence-corrected chi connectivity index (χ0v) is 32.9. The molecule has 6 atom stereocenters. The molecule has 0 fully saturated rings. The van der Waals surface area contributed by atoms with E-state index in [0.29, 0.717) is 45.2 Å². The number of aliphatic carboxylic acids is 1. The van der Waals surface area contributed by atoms with E-state index in [2.05, 4.69) is 41.6 Å². The Morgan fingerprint density at radius 1 is 0.474 bits per heavy atom. The minimum Gasteiger partial charge on any atom is -0.480 e. The summed E-state index contributed by atoms with van der Waals surface area (Å²) < 4.78 is 0. The third-order valence-electron chi connectivity index (χ3n) is 8.35. The maximum atomic E-state index is 13.9. The van der Waals surface area contributed by atoms with Crippen LogP contribution in [-0.4, -0.2) is 127 Å². The van der Waals surface area contributed by atoms with Gasteiger partial charge < -0.3 is 83.3 Å². The first kappa shape index (κ1) is 51.5. The number of amides is 5. The normalized spacial score (nSPS) is 13.9. The van der Waals surface area contributed by atoms with Crippen molar-refractivity contribution in [1.82, 2.24) is 26.6 Å². The number of nitrogens with two attached hydrogens (primary N) is 9. The molecular weight excluding hydrogens is 746 g/mol. The summed E-state index contributed by atoms with van der Waals surface area (Å²) in [4.78, 5) is 90.7. The monoisotopic (exact) mass is 814 g/mol. The molecule has 24 N–H and O–H groups in total. The van der Waals surface area contributed by atoms with Gasteiger partial charge in [-0.2, -0.15) is 0 Å². The van der Waals surface area contributed by atoms with E-state index in [0.717, 1.165) is 0 Å². The van der Waals surface area contributed by atoms with E-state index in [4.69, 9.17) is 51.6 Å². The van der Waals surface area contributed by atoms with Crippen molar-refractivity contribution < 1.29 is 33.9 Å². The van der Waals surface area contributed by atoms with Crippen molar-refractivity contribution in [2.75, 3.05) is 32.7 Å². The maximum absolute atomic E-state index is 13.9. The van der Waals surface area contributed by atoms with Crippen LogP contribution in [0, 0.1) is 0 Å². The number of carboxylic acids is 1. The van der Waals surface area contributed by atoms with Gasteiger partial charge in [0.05, 0.1) is 6.04 Å². The highest BCUT2D eigenvalue weighted by atomic mass is 16.4. The number of unbranched alkanes of at least 4 members (excludes halogenated alkanes) is 2. The van der Waals surface area contributed by atoms with Gasteiger partial charge in [-0.25, -0.2) is 0 Å². The smallest absolute Gasteiger partial charge is 0.325 e. The largest absolute Gasteiger partial charge is 0.480 e. The van der Waals surface area contributed by atoms with Crippen LogP contribution in [0.1, 0.15) is 84.0 Å². The van der Waals surface area contributed by atoms with Gasteiger partial charge in [0, 0.05) is 19.6 Å². The average Bonchev–Trinajstić information content (AvgIpc) is 3.14. The molecule has 57 heavy (non-hydrogen) atoms. The molecule has 24 nitrogen and oxygen atoms in total. The highest BCUT2D eigenvalue weighted by Crippen LogP contribution is 2.09. The molecule has 24 heteroatoms. The fourth-order valence-electron chi connectivity index (χ4n) is 5.19. The van der Waals surface area contributed by atoms with E-state index < -0.39 is 71.8 Å². The Hall–Kier alpha value is -5.49. The fourth-order valence-corrected chi connectivity index (χ4v) is 5.19. The van der Waals surface area contributed by atoms with E-state index in [-0.39, 0.29) is 82.5 Å². The van der Waals surface area contributed by atoms with Crippen LogP contribution >= 0.6 is 0 Å². The Morgan fingerprint density at radius 3 is 1.09 bits per heavy atom. The van der Waals surface area contributed by atoms with E-state index in [9.17, 15) is 33.9 Å². The molecule has 0 aromatic heterocycles. The Kier molecular flexibility index (Phi) is 26.9. The molecule has 0 aliphatic rings. The van der Waals surface area contributed by atoms with Crippen LogP contribution in [0.4, 0.5) is 0 Å². The van der Waals surface area contributed by atoms with Crippen molar-refractivity contribution in [3.05, 3.63) is 0 Å². The maximum Gasteiger partial charge on any atom is 0.325 e. The number of aliphatic imine (C=N–C) groups is 3. The Morgan fingerprint density at radius 2 is 0.772 bits per heavy atom. The summed E-state index contributed by atoms with van der Waals surface area (Å²) in [6.45, 7) is 2.34. The van der Waals surface area contributed by atoms with Gasteiger partial charge in [0.1, 0.15) is 30.2 Å². The van der Waals surface area contributed by atoms with Crippen molar-refractivity contribution in [2.45, 2.75) is 120 Å². The van der Waals surface area contributed by atoms with E-state index in [1.807, 2.05) is 0 Å². The first-order valence-electron chi connectivity index (χ1n) is 19.0. The molecule has 0 aliphatic carbocycles. The van der Waals surface area contributed by atoms with Gasteiger partial charge in [0.25, 0.3) is 0 Å². The second kappa shape index (κ2) is 29.8. The number of carbonyl (C=O) groups excluding carboxylic acids is 5. The lowest BCUT2D eigenvalue weighted by Gasteiger charge is -2.27. The van der Waals surface area contributed by atoms with Crippen LogP contribution in [0.15, 0.2) is 15.0 Å². The number of carbonyl (C=O) groups is 6. The number of nitrogens with one attached hydrogen (secondary N) is 5. The quantitative estimate of drug-likeness (QED) is 0.0176. The summed E-state index contributed by atoms with van der Waals surface area (Å²) in [5.41, 5.74) is 49.8. The molecule has 0 heterocycles. The Labute approximate surface area is 333 Å². The fraction of sp³-hybridized carbons (Fsp3) is 0.727. The summed E-state index contributed by atoms with van der Waals surface area (Å²) in [5, 5.41) is 22.2. The standard InChI is InChI=1S/C33H67N17O7/c1-19(30(56)57)46-26(52)22(11-6-16-43-31(37)38)49-27(53)21(10-3-5-15-35)48-29(55)24(13-8-18-45-33(41)42)50-28(54)23(12-7-17-44-32(39)40)47-25(51)20(36)9-2-4-14-34/h19-24H,2-18,34-36H2,1H3,(H,46,52)(H,47,51)(H,48,55)(H,49,53)(H,50,54)(H,56,57)(H4,37,38,43)(H4,39,40,44)(H4,41,42,45)/t19-,20-,21-,22-,23-,24-/m0/s1. The molecule has 326 valence electrons. The van der Waals surface area contributed by atoms with Crippen LogP contribution < -0.4 is 78.2 Å². The molecule has 0 saturated carbocycles. The van der Waals surface area contributed by atoms with Crippen LogP contribution in [0.5, 0.6) is 0 Å². The summed E-state index contributed by atoms with van der Waals surface area (Å²) in [6.07, 6.45) is 3.35. The highest BCUT2D eigenvalue weighted by molar-refractivity contribution is 5.96. The lowest BCUT2D eigenvalue weighted by molar-refractivity contribution is -0.141. The number of guanidine groups is 3. The summed E-state index contributed by atoms with van der Waals surface area (Å²) in [7, 11) is 0. The number of hydrogen-bond donors (Lipinski definition) is 15. The predicted octanol–water partition coefficient (Wildman–Crippen LogP) is -5.74. The lowest BCUT2D eigenvalue weighted by Crippen LogP contribution is -2.59. The third-order valence-corrected chi connectivity index (χ3v) is 8.35. The molecule has 5 amide bonds. The average molecular weight is 814 g/mol. The van der Waals surface area contributed by atoms with Crippen LogP contribution in [0.25, 0.3) is 0 Å². The SMILES string of the molecule is C[C@H](NC(=O)[C@H](CCCN=C(N)N)NC(=O)[C@H](CCCCN)NC(=O)[C@H](CCCN=C(N)N)NC(=O)[C@H](CCCN=C(N)N)NC(=O)[C@@H](N)CCCCN)C(=O)O. The summed E-state index contributed by atoms with van der Waals surface area (Å²) in [6, 6.07) is -7.08. The number of hydrogen-bond acceptors (Lipinski definition) is 12. The van der Waals surface area contributed by atoms with Gasteiger partial charge in [0.15, 0.2) is 17.9 Å². The van der Waals surface area contributed by atoms with Gasteiger partial charge in [-0.15, -0.1) is 0 Å². The first-order valence-corrected chi connectivity index (χ1v) is 19.0. The number of rotatable bonds is 31. The van der Waals surface area contributed by atoms with Gasteiger partial charge in [-0.05, 0) is 90.6 Å². The van der Waals surface area contributed by atoms with Crippen molar-refractivity contribution in [3.63, 3.8) is 0 Å². The molecule has 0 rings (SSSR count). The minimum absolute atomic E-state index is 0.00165. The summed E-state index contributed by atoms with van der Waals surface area (Å²) in [5.74, 6) is -5.43. The third kappa shape index (κ3) is 24.6.